The molecule has 0 spiro atoms. The predicted molar refractivity (Wildman–Crippen MR) is 85.4 cm³/mol. The number of likely N-dealkylation sites (tertiary alicyclic amines) is 1. The average molecular weight is 297 g/mol. The van der Waals surface area contributed by atoms with Gasteiger partial charge in [-0.1, -0.05) is 25.0 Å². The van der Waals surface area contributed by atoms with Gasteiger partial charge in [-0.2, -0.15) is 5.26 Å². The number of hydrogen-bond donors (Lipinski definition) is 1. The van der Waals surface area contributed by atoms with E-state index in [0.717, 1.165) is 19.0 Å². The van der Waals surface area contributed by atoms with Crippen LogP contribution in [0.3, 0.4) is 0 Å². The van der Waals surface area contributed by atoms with Gasteiger partial charge in [-0.3, -0.25) is 4.79 Å². The molecule has 0 aromatic heterocycles. The fourth-order valence-electron chi connectivity index (χ4n) is 3.74. The Kier molecular flexibility index (Phi) is 4.74. The molecular weight excluding hydrogens is 274 g/mol. The second kappa shape index (κ2) is 6.93. The lowest BCUT2D eigenvalue weighted by molar-refractivity contribution is 0.0946. The molecule has 2 fully saturated rings. The fraction of sp³-hybridized carbons (Fsp3) is 0.556. The molecule has 1 aromatic rings. The molecule has 116 valence electrons. The molecule has 4 heteroatoms. The lowest BCUT2D eigenvalue weighted by Crippen LogP contribution is -2.34. The first-order valence-electron chi connectivity index (χ1n) is 8.29. The molecule has 4 nitrogen and oxygen atoms in total. The van der Waals surface area contributed by atoms with Crippen LogP contribution in [-0.4, -0.2) is 36.5 Å². The molecule has 1 saturated carbocycles. The Hall–Kier alpha value is -1.86. The van der Waals surface area contributed by atoms with Crippen LogP contribution >= 0.6 is 0 Å². The molecule has 3 rings (SSSR count). The lowest BCUT2D eigenvalue weighted by atomic mass is 10.1. The van der Waals surface area contributed by atoms with Crippen LogP contribution in [0.1, 0.15) is 48.0 Å². The van der Waals surface area contributed by atoms with E-state index in [1.54, 1.807) is 24.3 Å². The van der Waals surface area contributed by atoms with Gasteiger partial charge in [0, 0.05) is 19.1 Å². The van der Waals surface area contributed by atoms with Gasteiger partial charge in [0.1, 0.15) is 0 Å². The van der Waals surface area contributed by atoms with Gasteiger partial charge in [0.15, 0.2) is 0 Å². The van der Waals surface area contributed by atoms with Crippen molar-refractivity contribution >= 4 is 5.91 Å². The molecule has 1 atom stereocenters. The second-order valence-corrected chi connectivity index (χ2v) is 6.46. The van der Waals surface area contributed by atoms with E-state index in [1.807, 2.05) is 0 Å². The smallest absolute Gasteiger partial charge is 0.252 e. The Morgan fingerprint density at radius 3 is 2.82 bits per heavy atom. The minimum atomic E-state index is -0.128. The molecule has 1 aliphatic heterocycles. The number of amides is 1. The summed E-state index contributed by atoms with van der Waals surface area (Å²) in [4.78, 5) is 14.8. The molecule has 0 radical (unpaired) electrons. The molecule has 1 amide bonds. The molecule has 1 aromatic carbocycles. The Morgan fingerprint density at radius 2 is 2.05 bits per heavy atom. The summed E-state index contributed by atoms with van der Waals surface area (Å²) in [5.74, 6) is 0.412. The van der Waals surface area contributed by atoms with E-state index >= 15 is 0 Å². The van der Waals surface area contributed by atoms with Crippen LogP contribution in [0.15, 0.2) is 24.3 Å². The first kappa shape index (κ1) is 15.1. The zero-order chi connectivity index (χ0) is 15.4. The number of carbonyl (C=O) groups excluding carboxylic acids is 1. The molecule has 1 heterocycles. The van der Waals surface area contributed by atoms with Gasteiger partial charge < -0.3 is 10.2 Å². The summed E-state index contributed by atoms with van der Waals surface area (Å²) in [6.07, 6.45) is 6.58. The topological polar surface area (TPSA) is 56.1 Å². The number of carbonyl (C=O) groups is 1. The van der Waals surface area contributed by atoms with Crippen LogP contribution in [0.4, 0.5) is 0 Å². The number of nitriles is 1. The third kappa shape index (κ3) is 3.31. The first-order chi connectivity index (χ1) is 10.8. The van der Waals surface area contributed by atoms with Crippen molar-refractivity contribution in [1.29, 1.82) is 5.26 Å². The Morgan fingerprint density at radius 1 is 1.27 bits per heavy atom. The third-order valence-electron chi connectivity index (χ3n) is 5.00. The van der Waals surface area contributed by atoms with Crippen LogP contribution in [0.25, 0.3) is 0 Å². The van der Waals surface area contributed by atoms with Crippen LogP contribution in [0.5, 0.6) is 0 Å². The molecular formula is C18H23N3O. The highest BCUT2D eigenvalue weighted by Gasteiger charge is 2.30. The highest BCUT2D eigenvalue weighted by Crippen LogP contribution is 2.28. The van der Waals surface area contributed by atoms with Crippen molar-refractivity contribution in [3.05, 3.63) is 35.4 Å². The zero-order valence-corrected chi connectivity index (χ0v) is 12.9. The van der Waals surface area contributed by atoms with Gasteiger partial charge in [0.25, 0.3) is 5.91 Å². The maximum Gasteiger partial charge on any atom is 0.252 e. The van der Waals surface area contributed by atoms with E-state index in [-0.39, 0.29) is 5.91 Å². The summed E-state index contributed by atoms with van der Waals surface area (Å²) >= 11 is 0. The number of nitrogens with zero attached hydrogens (tertiary/aromatic N) is 2. The van der Waals surface area contributed by atoms with Crippen molar-refractivity contribution < 1.29 is 4.79 Å². The van der Waals surface area contributed by atoms with Crippen molar-refractivity contribution in [3.8, 4) is 6.07 Å². The molecule has 2 aliphatic rings. The average Bonchev–Trinajstić information content (AvgIpc) is 3.23. The van der Waals surface area contributed by atoms with Crippen LogP contribution in [0, 0.1) is 17.2 Å². The van der Waals surface area contributed by atoms with Crippen molar-refractivity contribution in [3.63, 3.8) is 0 Å². The third-order valence-corrected chi connectivity index (χ3v) is 5.00. The number of hydrogen-bond acceptors (Lipinski definition) is 3. The zero-order valence-electron chi connectivity index (χ0n) is 12.9. The van der Waals surface area contributed by atoms with Gasteiger partial charge in [0.05, 0.1) is 17.2 Å². The first-order valence-corrected chi connectivity index (χ1v) is 8.29. The summed E-state index contributed by atoms with van der Waals surface area (Å²) in [7, 11) is 0. The van der Waals surface area contributed by atoms with Gasteiger partial charge in [-0.05, 0) is 43.9 Å². The monoisotopic (exact) mass is 297 g/mol. The maximum atomic E-state index is 12.2. The minimum absolute atomic E-state index is 0.128. The number of benzene rings is 1. The molecule has 1 unspecified atom stereocenters. The summed E-state index contributed by atoms with van der Waals surface area (Å²) in [6.45, 7) is 2.98. The van der Waals surface area contributed by atoms with Gasteiger partial charge in [-0.25, -0.2) is 0 Å². The van der Waals surface area contributed by atoms with E-state index in [4.69, 9.17) is 5.26 Å². The van der Waals surface area contributed by atoms with Crippen LogP contribution in [0.2, 0.25) is 0 Å². The summed E-state index contributed by atoms with van der Waals surface area (Å²) in [5, 5.41) is 12.1. The summed E-state index contributed by atoms with van der Waals surface area (Å²) in [5.41, 5.74) is 0.926. The maximum absolute atomic E-state index is 12.2. The largest absolute Gasteiger partial charge is 0.352 e. The Bertz CT molecular complexity index is 572. The highest BCUT2D eigenvalue weighted by molar-refractivity contribution is 5.96. The van der Waals surface area contributed by atoms with Gasteiger partial charge in [0.2, 0.25) is 0 Å². The number of nitrogens with one attached hydrogen (secondary N) is 1. The van der Waals surface area contributed by atoms with Crippen molar-refractivity contribution in [2.24, 2.45) is 5.92 Å². The fourth-order valence-corrected chi connectivity index (χ4v) is 3.74. The SMILES string of the molecule is N#Cc1ccccc1C(=O)NCC1CCN(C2CCCC2)C1. The summed E-state index contributed by atoms with van der Waals surface area (Å²) < 4.78 is 0. The van der Waals surface area contributed by atoms with E-state index in [2.05, 4.69) is 16.3 Å². The van der Waals surface area contributed by atoms with Gasteiger partial charge in [-0.15, -0.1) is 0 Å². The van der Waals surface area contributed by atoms with Crippen LogP contribution < -0.4 is 5.32 Å². The Balaban J connectivity index is 1.50. The van der Waals surface area contributed by atoms with E-state index in [9.17, 15) is 4.79 Å². The predicted octanol–water partition coefficient (Wildman–Crippen LogP) is 2.55. The Labute approximate surface area is 132 Å². The molecule has 22 heavy (non-hydrogen) atoms. The van der Waals surface area contributed by atoms with Crippen molar-refractivity contribution in [2.75, 3.05) is 19.6 Å². The standard InChI is InChI=1S/C18H23N3O/c19-11-15-5-1-4-8-17(15)18(22)20-12-14-9-10-21(13-14)16-6-2-3-7-16/h1,4-5,8,14,16H,2-3,6-7,9-10,12-13H2,(H,20,22). The highest BCUT2D eigenvalue weighted by atomic mass is 16.1. The minimum Gasteiger partial charge on any atom is -0.352 e. The lowest BCUT2D eigenvalue weighted by Gasteiger charge is -2.23. The van der Waals surface area contributed by atoms with E-state index in [0.29, 0.717) is 23.6 Å². The van der Waals surface area contributed by atoms with Crippen LogP contribution in [-0.2, 0) is 0 Å². The summed E-state index contributed by atoms with van der Waals surface area (Å²) in [6, 6.07) is 9.84. The molecule has 1 N–H and O–H groups in total. The van der Waals surface area contributed by atoms with E-state index < -0.39 is 0 Å². The molecule has 1 saturated heterocycles. The molecule has 1 aliphatic carbocycles. The van der Waals surface area contributed by atoms with Gasteiger partial charge >= 0.3 is 0 Å². The van der Waals surface area contributed by atoms with Crippen molar-refractivity contribution in [1.82, 2.24) is 10.2 Å². The quantitative estimate of drug-likeness (QED) is 0.929. The van der Waals surface area contributed by atoms with Crippen molar-refractivity contribution in [2.45, 2.75) is 38.1 Å². The molecule has 0 bridgehead atoms. The normalized spacial score (nSPS) is 22.6. The number of rotatable bonds is 4. The second-order valence-electron chi connectivity index (χ2n) is 6.46. The van der Waals surface area contributed by atoms with E-state index in [1.165, 1.54) is 32.2 Å².